The third kappa shape index (κ3) is 4.05. The molecule has 0 radical (unpaired) electrons. The molecule has 0 atom stereocenters. The highest BCUT2D eigenvalue weighted by molar-refractivity contribution is 6.55. The second-order valence-corrected chi connectivity index (χ2v) is 7.00. The van der Waals surface area contributed by atoms with Gasteiger partial charge in [0.05, 0.1) is 24.9 Å². The summed E-state index contributed by atoms with van der Waals surface area (Å²) < 4.78 is 51.0. The minimum absolute atomic E-state index is 0.228. The molecule has 0 spiro atoms. The average Bonchev–Trinajstić information content (AvgIpc) is 2.76. The lowest BCUT2D eigenvalue weighted by molar-refractivity contribution is 0.00578. The van der Waals surface area contributed by atoms with Crippen LogP contribution in [0.2, 0.25) is 0 Å². The van der Waals surface area contributed by atoms with E-state index in [0.29, 0.717) is 11.3 Å². The van der Waals surface area contributed by atoms with Crippen LogP contribution in [0.1, 0.15) is 39.7 Å². The maximum Gasteiger partial charge on any atom is 0.525 e. The zero-order chi connectivity index (χ0) is 18.8. The molecule has 25 heavy (non-hydrogen) atoms. The first-order valence-electron chi connectivity index (χ1n) is 8.20. The van der Waals surface area contributed by atoms with Crippen molar-refractivity contribution in [2.24, 2.45) is 0 Å². The van der Waals surface area contributed by atoms with Crippen LogP contribution in [0.25, 0.3) is 5.57 Å². The fourth-order valence-electron chi connectivity index (χ4n) is 2.59. The largest absolute Gasteiger partial charge is 0.525 e. The predicted octanol–water partition coefficient (Wildman–Crippen LogP) is 4.18. The maximum absolute atomic E-state index is 15.3. The van der Waals surface area contributed by atoms with Crippen molar-refractivity contribution in [3.8, 4) is 5.75 Å². The van der Waals surface area contributed by atoms with Crippen molar-refractivity contribution in [1.82, 2.24) is 0 Å². The highest BCUT2D eigenvalue weighted by Crippen LogP contribution is 2.41. The summed E-state index contributed by atoms with van der Waals surface area (Å²) in [5.41, 5.74) is -1.37. The van der Waals surface area contributed by atoms with Gasteiger partial charge in [0, 0.05) is 12.7 Å². The quantitative estimate of drug-likeness (QED) is 0.718. The van der Waals surface area contributed by atoms with Gasteiger partial charge in [-0.25, -0.2) is 8.78 Å². The zero-order valence-corrected chi connectivity index (χ0v) is 15.6. The Morgan fingerprint density at radius 2 is 1.72 bits per heavy atom. The lowest BCUT2D eigenvalue weighted by Crippen LogP contribution is -2.41. The van der Waals surface area contributed by atoms with E-state index in [1.54, 1.807) is 0 Å². The predicted molar refractivity (Wildman–Crippen MR) is 93.6 cm³/mol. The van der Waals surface area contributed by atoms with Crippen LogP contribution in [-0.2, 0) is 14.0 Å². The molecule has 138 valence electrons. The molecule has 7 heteroatoms. The first-order valence-corrected chi connectivity index (χ1v) is 8.20. The topological polar surface area (TPSA) is 36.9 Å². The number of benzene rings is 1. The monoisotopic (exact) mass is 354 g/mol. The second kappa shape index (κ2) is 7.44. The highest BCUT2D eigenvalue weighted by Gasteiger charge is 2.53. The van der Waals surface area contributed by atoms with Crippen LogP contribution < -0.4 is 4.74 Å². The second-order valence-electron chi connectivity index (χ2n) is 7.00. The summed E-state index contributed by atoms with van der Waals surface area (Å²) in [6, 6.07) is 3.98. The Morgan fingerprint density at radius 1 is 1.12 bits per heavy atom. The summed E-state index contributed by atoms with van der Waals surface area (Å²) >= 11 is 0. The number of halogens is 2. The molecular weight excluding hydrogens is 329 g/mol. The smallest absolute Gasteiger partial charge is 0.496 e. The van der Waals surface area contributed by atoms with E-state index in [9.17, 15) is 4.39 Å². The van der Waals surface area contributed by atoms with Gasteiger partial charge in [-0.05, 0) is 57.9 Å². The maximum atomic E-state index is 15.3. The molecule has 1 aromatic rings. The van der Waals surface area contributed by atoms with Crippen LogP contribution >= 0.6 is 0 Å². The first-order chi connectivity index (χ1) is 11.6. The minimum atomic E-state index is -1.16. The SMILES string of the molecule is COCCC(=C(F)B1OC(C)(C)C(C)(C)O1)c1cc(F)ccc1OC. The molecule has 4 nitrogen and oxygen atoms in total. The van der Waals surface area contributed by atoms with Crippen LogP contribution in [0.4, 0.5) is 8.78 Å². The summed E-state index contributed by atoms with van der Waals surface area (Å²) in [7, 11) is 1.81. The molecule has 1 fully saturated rings. The van der Waals surface area contributed by atoms with Gasteiger partial charge in [0.2, 0.25) is 0 Å². The van der Waals surface area contributed by atoms with E-state index in [4.69, 9.17) is 18.8 Å². The molecular formula is C18H25BF2O4. The van der Waals surface area contributed by atoms with Crippen molar-refractivity contribution in [2.75, 3.05) is 20.8 Å². The Hall–Kier alpha value is -1.44. The molecule has 0 aliphatic carbocycles. The summed E-state index contributed by atoms with van der Waals surface area (Å²) in [5.74, 6) is -0.105. The van der Waals surface area contributed by atoms with E-state index in [2.05, 4.69) is 0 Å². The molecule has 1 aliphatic heterocycles. The van der Waals surface area contributed by atoms with E-state index >= 15 is 4.39 Å². The summed E-state index contributed by atoms with van der Waals surface area (Å²) in [4.78, 5) is 0. The normalized spacial score (nSPS) is 19.8. The lowest BCUT2D eigenvalue weighted by atomic mass is 9.81. The van der Waals surface area contributed by atoms with Gasteiger partial charge in [-0.1, -0.05) is 0 Å². The van der Waals surface area contributed by atoms with Crippen LogP contribution in [-0.4, -0.2) is 39.1 Å². The number of rotatable bonds is 6. The number of hydrogen-bond acceptors (Lipinski definition) is 4. The van der Waals surface area contributed by atoms with Crippen molar-refractivity contribution in [3.05, 3.63) is 35.3 Å². The van der Waals surface area contributed by atoms with Crippen molar-refractivity contribution >= 4 is 12.7 Å². The fraction of sp³-hybridized carbons (Fsp3) is 0.556. The Bertz CT molecular complexity index is 642. The van der Waals surface area contributed by atoms with Crippen molar-refractivity contribution in [2.45, 2.75) is 45.3 Å². The summed E-state index contributed by atoms with van der Waals surface area (Å²) in [6.07, 6.45) is 0.228. The van der Waals surface area contributed by atoms with Gasteiger partial charge in [-0.3, -0.25) is 0 Å². The van der Waals surface area contributed by atoms with Crippen molar-refractivity contribution < 1.29 is 27.6 Å². The molecule has 1 heterocycles. The third-order valence-electron chi connectivity index (χ3n) is 4.79. The van der Waals surface area contributed by atoms with Gasteiger partial charge in [-0.2, -0.15) is 0 Å². The van der Waals surface area contributed by atoms with Gasteiger partial charge >= 0.3 is 7.12 Å². The van der Waals surface area contributed by atoms with E-state index in [0.717, 1.165) is 0 Å². The van der Waals surface area contributed by atoms with Crippen LogP contribution in [0.15, 0.2) is 23.9 Å². The minimum Gasteiger partial charge on any atom is -0.496 e. The first kappa shape index (κ1) is 19.9. The molecule has 0 unspecified atom stereocenters. The molecule has 0 aromatic heterocycles. The van der Waals surface area contributed by atoms with E-state index in [-0.39, 0.29) is 18.6 Å². The van der Waals surface area contributed by atoms with Gasteiger partial charge in [0.1, 0.15) is 17.3 Å². The van der Waals surface area contributed by atoms with E-state index in [1.807, 2.05) is 27.7 Å². The summed E-state index contributed by atoms with van der Waals surface area (Å²) in [6.45, 7) is 7.65. The molecule has 1 aliphatic rings. The molecule has 0 N–H and O–H groups in total. The van der Waals surface area contributed by atoms with Crippen LogP contribution in [0.3, 0.4) is 0 Å². The number of methoxy groups -OCH3 is 2. The molecule has 1 saturated heterocycles. The Morgan fingerprint density at radius 3 is 2.24 bits per heavy atom. The molecule has 2 rings (SSSR count). The number of ether oxygens (including phenoxy) is 2. The van der Waals surface area contributed by atoms with Crippen molar-refractivity contribution in [1.29, 1.82) is 0 Å². The van der Waals surface area contributed by atoms with Gasteiger partial charge < -0.3 is 18.8 Å². The Labute approximate surface area is 148 Å². The fourth-order valence-corrected chi connectivity index (χ4v) is 2.59. The van der Waals surface area contributed by atoms with Gasteiger partial charge in [0.15, 0.2) is 0 Å². The van der Waals surface area contributed by atoms with Gasteiger partial charge in [0.25, 0.3) is 0 Å². The van der Waals surface area contributed by atoms with Crippen LogP contribution in [0.5, 0.6) is 5.75 Å². The summed E-state index contributed by atoms with van der Waals surface area (Å²) in [5, 5.41) is 0. The molecule has 0 amide bonds. The van der Waals surface area contributed by atoms with Crippen molar-refractivity contribution in [3.63, 3.8) is 0 Å². The zero-order valence-electron chi connectivity index (χ0n) is 15.6. The standard InChI is InChI=1S/C18H25BF2O4/c1-17(2)18(3,4)25-19(24-17)16(21)13(9-10-22-5)14-11-12(20)7-8-15(14)23-6/h7-8,11H,9-10H2,1-6H3. The third-order valence-corrected chi connectivity index (χ3v) is 4.79. The molecule has 1 aromatic carbocycles. The van der Waals surface area contributed by atoms with E-state index in [1.165, 1.54) is 32.4 Å². The number of hydrogen-bond donors (Lipinski definition) is 0. The Kier molecular flexibility index (Phi) is 5.91. The molecule has 0 bridgehead atoms. The Balaban J connectivity index is 2.50. The van der Waals surface area contributed by atoms with E-state index < -0.39 is 29.9 Å². The lowest BCUT2D eigenvalue weighted by Gasteiger charge is -2.32. The highest BCUT2D eigenvalue weighted by atomic mass is 19.1. The molecule has 0 saturated carbocycles. The van der Waals surface area contributed by atoms with Crippen LogP contribution in [0, 0.1) is 5.82 Å². The average molecular weight is 354 g/mol. The van der Waals surface area contributed by atoms with Gasteiger partial charge in [-0.15, -0.1) is 0 Å².